The quantitative estimate of drug-likeness (QED) is 0.570. The van der Waals surface area contributed by atoms with E-state index in [-0.39, 0.29) is 11.8 Å². The van der Waals surface area contributed by atoms with Gasteiger partial charge in [-0.15, -0.1) is 5.10 Å². The van der Waals surface area contributed by atoms with Gasteiger partial charge in [0.1, 0.15) is 0 Å². The summed E-state index contributed by atoms with van der Waals surface area (Å²) in [4.78, 5) is 37.7. The molecule has 3 aromatic rings. The summed E-state index contributed by atoms with van der Waals surface area (Å²) in [6.45, 7) is 8.08. The fourth-order valence-corrected chi connectivity index (χ4v) is 4.58. The molecule has 0 N–H and O–H groups in total. The van der Waals surface area contributed by atoms with Crippen molar-refractivity contribution in [2.45, 2.75) is 38.1 Å². The largest absolute Gasteiger partial charge is 0.339 e. The first-order chi connectivity index (χ1) is 15.0. The van der Waals surface area contributed by atoms with Gasteiger partial charge in [0.15, 0.2) is 0 Å². The second kappa shape index (κ2) is 9.05. The van der Waals surface area contributed by atoms with Gasteiger partial charge in [-0.3, -0.25) is 9.59 Å². The molecule has 4 rings (SSSR count). The average molecular weight is 439 g/mol. The molecule has 3 heterocycles. The fraction of sp³-hybridized carbons (Fsp3) is 0.409. The van der Waals surface area contributed by atoms with E-state index in [4.69, 9.17) is 0 Å². The van der Waals surface area contributed by atoms with Crippen LogP contribution in [0.1, 0.15) is 40.7 Å². The molecule has 8 nitrogen and oxygen atoms in total. The molecule has 0 unspecified atom stereocenters. The van der Waals surface area contributed by atoms with Crippen LogP contribution in [0, 0.1) is 13.8 Å². The number of rotatable bonds is 5. The van der Waals surface area contributed by atoms with E-state index in [1.54, 1.807) is 4.52 Å². The van der Waals surface area contributed by atoms with Crippen LogP contribution in [0.15, 0.2) is 35.5 Å². The van der Waals surface area contributed by atoms with E-state index in [1.165, 1.54) is 11.8 Å². The number of carbonyl (C=O) groups is 2. The normalized spacial score (nSPS) is 14.3. The van der Waals surface area contributed by atoms with Crippen LogP contribution in [0.5, 0.6) is 0 Å². The van der Waals surface area contributed by atoms with Gasteiger partial charge in [0.2, 0.25) is 11.1 Å². The van der Waals surface area contributed by atoms with Crippen molar-refractivity contribution >= 4 is 29.4 Å². The SMILES string of the molecule is CCC(=O)N1CCN(C(=O)c2ccccc2CSc2nc3nc(C)cc(C)n3n2)CC1. The van der Waals surface area contributed by atoms with Crippen molar-refractivity contribution in [3.63, 3.8) is 0 Å². The van der Waals surface area contributed by atoms with Gasteiger partial charge >= 0.3 is 0 Å². The van der Waals surface area contributed by atoms with Crippen molar-refractivity contribution in [2.24, 2.45) is 0 Å². The second-order valence-electron chi connectivity index (χ2n) is 7.62. The van der Waals surface area contributed by atoms with Gasteiger partial charge in [0.25, 0.3) is 11.7 Å². The Bertz CT molecular complexity index is 1120. The molecule has 0 atom stereocenters. The first-order valence-electron chi connectivity index (χ1n) is 10.4. The van der Waals surface area contributed by atoms with Crippen LogP contribution in [-0.2, 0) is 10.5 Å². The van der Waals surface area contributed by atoms with Crippen LogP contribution in [0.3, 0.4) is 0 Å². The highest BCUT2D eigenvalue weighted by molar-refractivity contribution is 7.98. The summed E-state index contributed by atoms with van der Waals surface area (Å²) in [5, 5.41) is 5.17. The lowest BCUT2D eigenvalue weighted by Gasteiger charge is -2.35. The smallest absolute Gasteiger partial charge is 0.254 e. The van der Waals surface area contributed by atoms with E-state index in [0.717, 1.165) is 17.0 Å². The maximum Gasteiger partial charge on any atom is 0.254 e. The van der Waals surface area contributed by atoms with Gasteiger partial charge in [-0.1, -0.05) is 36.9 Å². The highest BCUT2D eigenvalue weighted by atomic mass is 32.2. The number of hydrogen-bond acceptors (Lipinski definition) is 6. The molecule has 0 bridgehead atoms. The minimum atomic E-state index is 0.0101. The molecule has 162 valence electrons. The molecule has 0 spiro atoms. The first kappa shape index (κ1) is 21.3. The maximum atomic E-state index is 13.2. The standard InChI is InChI=1S/C22H26N6O2S/c1-4-19(29)26-9-11-27(12-10-26)20(30)18-8-6-5-7-17(18)14-31-22-24-21-23-15(2)13-16(3)28(21)25-22/h5-8,13H,4,9-12,14H2,1-3H3. The van der Waals surface area contributed by atoms with Crippen molar-refractivity contribution in [1.82, 2.24) is 29.4 Å². The molecular weight excluding hydrogens is 412 g/mol. The number of fused-ring (bicyclic) bond motifs is 1. The number of thioether (sulfide) groups is 1. The molecule has 1 aliphatic rings. The molecule has 1 aliphatic heterocycles. The lowest BCUT2D eigenvalue weighted by molar-refractivity contribution is -0.132. The Kier molecular flexibility index (Phi) is 6.22. The Balaban J connectivity index is 1.46. The van der Waals surface area contributed by atoms with Gasteiger partial charge in [-0.2, -0.15) is 4.98 Å². The van der Waals surface area contributed by atoms with Gasteiger partial charge in [0.05, 0.1) is 0 Å². The third-order valence-corrected chi connectivity index (χ3v) is 6.31. The second-order valence-corrected chi connectivity index (χ2v) is 8.56. The molecule has 2 aromatic heterocycles. The number of nitrogens with zero attached hydrogens (tertiary/aromatic N) is 6. The predicted molar refractivity (Wildman–Crippen MR) is 119 cm³/mol. The minimum Gasteiger partial charge on any atom is -0.339 e. The number of amides is 2. The van der Waals surface area contributed by atoms with Crippen LogP contribution in [0.4, 0.5) is 0 Å². The third-order valence-electron chi connectivity index (χ3n) is 5.43. The maximum absolute atomic E-state index is 13.2. The fourth-order valence-electron chi connectivity index (χ4n) is 3.76. The monoisotopic (exact) mass is 438 g/mol. The molecule has 0 aliphatic carbocycles. The van der Waals surface area contributed by atoms with Crippen LogP contribution in [-0.4, -0.2) is 67.4 Å². The summed E-state index contributed by atoms with van der Waals surface area (Å²) in [5.41, 5.74) is 3.53. The zero-order chi connectivity index (χ0) is 22.0. The number of aryl methyl sites for hydroxylation is 2. The summed E-state index contributed by atoms with van der Waals surface area (Å²) in [6, 6.07) is 9.64. The van der Waals surface area contributed by atoms with E-state index in [2.05, 4.69) is 15.1 Å². The zero-order valence-electron chi connectivity index (χ0n) is 18.0. The minimum absolute atomic E-state index is 0.0101. The van der Waals surface area contributed by atoms with Crippen LogP contribution in [0.25, 0.3) is 5.78 Å². The predicted octanol–water partition coefficient (Wildman–Crippen LogP) is 2.73. The first-order valence-corrected chi connectivity index (χ1v) is 11.4. The molecule has 9 heteroatoms. The molecule has 1 saturated heterocycles. The summed E-state index contributed by atoms with van der Waals surface area (Å²) >= 11 is 1.49. The molecule has 1 aromatic carbocycles. The Morgan fingerprint density at radius 2 is 1.74 bits per heavy atom. The number of hydrogen-bond donors (Lipinski definition) is 0. The van der Waals surface area contributed by atoms with Gasteiger partial charge in [0, 0.05) is 55.3 Å². The van der Waals surface area contributed by atoms with Crippen molar-refractivity contribution in [3.05, 3.63) is 52.8 Å². The number of benzene rings is 1. The number of carbonyl (C=O) groups excluding carboxylic acids is 2. The lowest BCUT2D eigenvalue weighted by Crippen LogP contribution is -2.50. The van der Waals surface area contributed by atoms with E-state index < -0.39 is 0 Å². The van der Waals surface area contributed by atoms with Crippen molar-refractivity contribution in [3.8, 4) is 0 Å². The van der Waals surface area contributed by atoms with Gasteiger partial charge < -0.3 is 9.80 Å². The molecule has 0 radical (unpaired) electrons. The average Bonchev–Trinajstić information content (AvgIpc) is 3.20. The molecule has 1 fully saturated rings. The van der Waals surface area contributed by atoms with Crippen molar-refractivity contribution < 1.29 is 9.59 Å². The van der Waals surface area contributed by atoms with E-state index in [1.807, 2.05) is 60.9 Å². The van der Waals surface area contributed by atoms with E-state index in [9.17, 15) is 9.59 Å². The summed E-state index contributed by atoms with van der Waals surface area (Å²) < 4.78 is 1.74. The molecule has 0 saturated carbocycles. The highest BCUT2D eigenvalue weighted by Gasteiger charge is 2.25. The topological polar surface area (TPSA) is 83.7 Å². The molecular formula is C22H26N6O2S. The van der Waals surface area contributed by atoms with Gasteiger partial charge in [-0.25, -0.2) is 9.50 Å². The number of piperazine rings is 1. The summed E-state index contributed by atoms with van der Waals surface area (Å²) in [5.74, 6) is 1.33. The zero-order valence-corrected chi connectivity index (χ0v) is 18.9. The van der Waals surface area contributed by atoms with Gasteiger partial charge in [-0.05, 0) is 31.5 Å². The van der Waals surface area contributed by atoms with Crippen LogP contribution < -0.4 is 0 Å². The molecule has 31 heavy (non-hydrogen) atoms. The lowest BCUT2D eigenvalue weighted by atomic mass is 10.1. The Morgan fingerprint density at radius 3 is 2.48 bits per heavy atom. The summed E-state index contributed by atoms with van der Waals surface area (Å²) in [7, 11) is 0. The molecule has 2 amide bonds. The summed E-state index contributed by atoms with van der Waals surface area (Å²) in [6.07, 6.45) is 0.500. The van der Waals surface area contributed by atoms with Crippen LogP contribution in [0.2, 0.25) is 0 Å². The van der Waals surface area contributed by atoms with Crippen molar-refractivity contribution in [1.29, 1.82) is 0 Å². The Hall–Kier alpha value is -2.94. The van der Waals surface area contributed by atoms with E-state index >= 15 is 0 Å². The van der Waals surface area contributed by atoms with E-state index in [0.29, 0.717) is 54.9 Å². The van der Waals surface area contributed by atoms with Crippen LogP contribution >= 0.6 is 11.8 Å². The third kappa shape index (κ3) is 4.56. The Labute approximate surface area is 185 Å². The van der Waals surface area contributed by atoms with Crippen molar-refractivity contribution in [2.75, 3.05) is 26.2 Å². The highest BCUT2D eigenvalue weighted by Crippen LogP contribution is 2.24. The number of aromatic nitrogens is 4. The Morgan fingerprint density at radius 1 is 1.03 bits per heavy atom.